The van der Waals surface area contributed by atoms with Crippen LogP contribution in [0.1, 0.15) is 32.8 Å². The second kappa shape index (κ2) is 6.27. The molecule has 5 nitrogen and oxygen atoms in total. The van der Waals surface area contributed by atoms with Crippen molar-refractivity contribution >= 4 is 23.2 Å². The molecule has 0 aromatic carbocycles. The maximum Gasteiger partial charge on any atom is 0.272 e. The van der Waals surface area contributed by atoms with E-state index in [9.17, 15) is 9.59 Å². The van der Waals surface area contributed by atoms with Crippen molar-refractivity contribution in [3.05, 3.63) is 52.0 Å². The van der Waals surface area contributed by atoms with Crippen molar-refractivity contribution in [1.29, 1.82) is 0 Å². The van der Waals surface area contributed by atoms with Crippen LogP contribution < -0.4 is 5.32 Å². The Hall–Kier alpha value is -2.21. The molecule has 1 aliphatic heterocycles. The van der Waals surface area contributed by atoms with Gasteiger partial charge in [-0.05, 0) is 36.4 Å². The molecule has 6 heteroatoms. The molecule has 1 fully saturated rings. The van der Waals surface area contributed by atoms with Crippen LogP contribution in [0.25, 0.3) is 0 Å². The van der Waals surface area contributed by atoms with Crippen LogP contribution in [0.5, 0.6) is 0 Å². The topological polar surface area (TPSA) is 62.3 Å². The van der Waals surface area contributed by atoms with Crippen LogP contribution in [0.3, 0.4) is 0 Å². The average molecular weight is 315 g/mol. The lowest BCUT2D eigenvalue weighted by molar-refractivity contribution is 0.0777. The van der Waals surface area contributed by atoms with E-state index in [-0.39, 0.29) is 17.9 Å². The first-order valence-electron chi connectivity index (χ1n) is 7.19. The minimum absolute atomic E-state index is 0.000498. The fraction of sp³-hybridized carbons (Fsp3) is 0.312. The number of amides is 2. The van der Waals surface area contributed by atoms with Crippen LogP contribution in [-0.2, 0) is 0 Å². The van der Waals surface area contributed by atoms with Crippen LogP contribution >= 0.6 is 11.3 Å². The summed E-state index contributed by atoms with van der Waals surface area (Å²) in [4.78, 5) is 30.4. The molecule has 0 bridgehead atoms. The number of nitrogens with one attached hydrogen (secondary N) is 1. The van der Waals surface area contributed by atoms with E-state index in [1.165, 1.54) is 11.3 Å². The van der Waals surface area contributed by atoms with Gasteiger partial charge in [0.1, 0.15) is 5.69 Å². The zero-order valence-corrected chi connectivity index (χ0v) is 13.1. The monoisotopic (exact) mass is 315 g/mol. The average Bonchev–Trinajstić information content (AvgIpc) is 3.16. The lowest BCUT2D eigenvalue weighted by Gasteiger charge is -2.16. The van der Waals surface area contributed by atoms with Gasteiger partial charge in [-0.3, -0.25) is 14.6 Å². The quantitative estimate of drug-likeness (QED) is 0.943. The Bertz CT molecular complexity index is 684. The minimum atomic E-state index is -0.0796. The van der Waals surface area contributed by atoms with Gasteiger partial charge in [0.15, 0.2) is 0 Å². The number of aryl methyl sites for hydroxylation is 1. The first kappa shape index (κ1) is 14.7. The van der Waals surface area contributed by atoms with Gasteiger partial charge >= 0.3 is 0 Å². The Morgan fingerprint density at radius 1 is 1.36 bits per heavy atom. The first-order valence-corrected chi connectivity index (χ1v) is 8.13. The number of nitrogens with zero attached hydrogens (tertiary/aromatic N) is 2. The highest BCUT2D eigenvalue weighted by Crippen LogP contribution is 2.16. The van der Waals surface area contributed by atoms with E-state index in [1.807, 2.05) is 17.7 Å². The molecule has 2 aromatic rings. The molecule has 3 heterocycles. The Morgan fingerprint density at radius 3 is 2.91 bits per heavy atom. The summed E-state index contributed by atoms with van der Waals surface area (Å²) < 4.78 is 0. The maximum atomic E-state index is 12.3. The Morgan fingerprint density at radius 2 is 2.23 bits per heavy atom. The summed E-state index contributed by atoms with van der Waals surface area (Å²) in [6.45, 7) is 3.10. The van der Waals surface area contributed by atoms with Crippen molar-refractivity contribution in [2.75, 3.05) is 13.1 Å². The molecular formula is C16H17N3O2S. The van der Waals surface area contributed by atoms with E-state index in [1.54, 1.807) is 29.3 Å². The van der Waals surface area contributed by atoms with Crippen molar-refractivity contribution in [1.82, 2.24) is 15.2 Å². The molecule has 1 atom stereocenters. The van der Waals surface area contributed by atoms with Crippen molar-refractivity contribution in [2.45, 2.75) is 19.4 Å². The fourth-order valence-corrected chi connectivity index (χ4v) is 3.40. The smallest absolute Gasteiger partial charge is 0.272 e. The molecule has 1 unspecified atom stereocenters. The molecule has 114 valence electrons. The van der Waals surface area contributed by atoms with Crippen molar-refractivity contribution in [2.24, 2.45) is 0 Å². The summed E-state index contributed by atoms with van der Waals surface area (Å²) in [5.74, 6) is -0.139. The lowest BCUT2D eigenvalue weighted by Crippen LogP contribution is -2.38. The fourth-order valence-electron chi connectivity index (χ4n) is 2.57. The molecule has 3 rings (SSSR count). The van der Waals surface area contributed by atoms with E-state index in [0.29, 0.717) is 18.8 Å². The maximum absolute atomic E-state index is 12.3. The van der Waals surface area contributed by atoms with Crippen LogP contribution in [0.4, 0.5) is 0 Å². The molecule has 0 spiro atoms. The predicted octanol–water partition coefficient (Wildman–Crippen LogP) is 2.10. The minimum Gasteiger partial charge on any atom is -0.347 e. The highest BCUT2D eigenvalue weighted by Gasteiger charge is 2.28. The number of carbonyl (C=O) groups excluding carboxylic acids is 2. The van der Waals surface area contributed by atoms with E-state index in [2.05, 4.69) is 10.3 Å². The second-order valence-corrected chi connectivity index (χ2v) is 6.14. The SMILES string of the molecule is Cc1cscc1C(=O)NC1CCN(C(=O)c2ccccn2)C1. The zero-order chi connectivity index (χ0) is 15.5. The molecule has 1 saturated heterocycles. The number of hydrogen-bond donors (Lipinski definition) is 1. The molecule has 0 saturated carbocycles. The van der Waals surface area contributed by atoms with Crippen LogP contribution in [0, 0.1) is 6.92 Å². The molecular weight excluding hydrogens is 298 g/mol. The molecule has 1 aliphatic rings. The number of carbonyl (C=O) groups is 2. The summed E-state index contributed by atoms with van der Waals surface area (Å²) in [6, 6.07) is 5.30. The van der Waals surface area contributed by atoms with Gasteiger partial charge in [-0.2, -0.15) is 11.3 Å². The van der Waals surface area contributed by atoms with Crippen LogP contribution in [0.15, 0.2) is 35.2 Å². The highest BCUT2D eigenvalue weighted by atomic mass is 32.1. The highest BCUT2D eigenvalue weighted by molar-refractivity contribution is 7.08. The molecule has 22 heavy (non-hydrogen) atoms. The van der Waals surface area contributed by atoms with Gasteiger partial charge < -0.3 is 10.2 Å². The number of thiophene rings is 1. The number of likely N-dealkylation sites (tertiary alicyclic amines) is 1. The third-order valence-electron chi connectivity index (χ3n) is 3.79. The molecule has 1 N–H and O–H groups in total. The van der Waals surface area contributed by atoms with Crippen molar-refractivity contribution in [3.63, 3.8) is 0 Å². The van der Waals surface area contributed by atoms with Crippen LogP contribution in [0.2, 0.25) is 0 Å². The Balaban J connectivity index is 1.60. The molecule has 0 radical (unpaired) electrons. The van der Waals surface area contributed by atoms with E-state index >= 15 is 0 Å². The Labute approximate surface area is 133 Å². The molecule has 2 amide bonds. The third-order valence-corrected chi connectivity index (χ3v) is 4.66. The van der Waals surface area contributed by atoms with Gasteiger partial charge in [-0.25, -0.2) is 0 Å². The third kappa shape index (κ3) is 3.01. The van der Waals surface area contributed by atoms with Gasteiger partial charge in [0, 0.05) is 30.7 Å². The molecule has 2 aromatic heterocycles. The first-order chi connectivity index (χ1) is 10.6. The predicted molar refractivity (Wildman–Crippen MR) is 85.1 cm³/mol. The number of rotatable bonds is 3. The largest absolute Gasteiger partial charge is 0.347 e. The summed E-state index contributed by atoms with van der Waals surface area (Å²) in [5, 5.41) is 6.83. The van der Waals surface area contributed by atoms with Gasteiger partial charge in [-0.15, -0.1) is 0 Å². The normalized spacial score (nSPS) is 17.5. The molecule has 0 aliphatic carbocycles. The lowest BCUT2D eigenvalue weighted by atomic mass is 10.2. The van der Waals surface area contributed by atoms with E-state index < -0.39 is 0 Å². The zero-order valence-electron chi connectivity index (χ0n) is 12.3. The summed E-state index contributed by atoms with van der Waals surface area (Å²) in [5.41, 5.74) is 2.16. The van der Waals surface area contributed by atoms with Gasteiger partial charge in [-0.1, -0.05) is 6.07 Å². The van der Waals surface area contributed by atoms with Gasteiger partial charge in [0.2, 0.25) is 0 Å². The van der Waals surface area contributed by atoms with Crippen LogP contribution in [-0.4, -0.2) is 40.8 Å². The second-order valence-electron chi connectivity index (χ2n) is 5.39. The number of hydrogen-bond acceptors (Lipinski definition) is 4. The van der Waals surface area contributed by atoms with Crippen molar-refractivity contribution < 1.29 is 9.59 Å². The van der Waals surface area contributed by atoms with Gasteiger partial charge in [0.05, 0.1) is 5.56 Å². The number of aromatic nitrogens is 1. The summed E-state index contributed by atoms with van der Waals surface area (Å²) in [7, 11) is 0. The van der Waals surface area contributed by atoms with Crippen molar-refractivity contribution in [3.8, 4) is 0 Å². The Kier molecular flexibility index (Phi) is 4.20. The summed E-state index contributed by atoms with van der Waals surface area (Å²) in [6.07, 6.45) is 2.38. The summed E-state index contributed by atoms with van der Waals surface area (Å²) >= 11 is 1.52. The van der Waals surface area contributed by atoms with E-state index in [4.69, 9.17) is 0 Å². The standard InChI is InChI=1S/C16H17N3O2S/c1-11-9-22-10-13(11)15(20)18-12-5-7-19(8-12)16(21)14-4-2-3-6-17-14/h2-4,6,9-10,12H,5,7-8H2,1H3,(H,18,20). The van der Waals surface area contributed by atoms with E-state index in [0.717, 1.165) is 17.5 Å². The van der Waals surface area contributed by atoms with Gasteiger partial charge in [0.25, 0.3) is 11.8 Å². The number of pyridine rings is 1.